The molecule has 0 unspecified atom stereocenters. The number of ether oxygens (including phenoxy) is 3. The summed E-state index contributed by atoms with van der Waals surface area (Å²) in [6.45, 7) is 0.493. The Morgan fingerprint density at radius 2 is 1.79 bits per heavy atom. The summed E-state index contributed by atoms with van der Waals surface area (Å²) >= 11 is 16.4. The first-order valence-corrected chi connectivity index (χ1v) is 9.57. The number of nitrogens with zero attached hydrogens (tertiary/aromatic N) is 1. The van der Waals surface area contributed by atoms with Crippen LogP contribution >= 0.6 is 34.8 Å². The second-order valence-electron chi connectivity index (χ2n) is 5.48. The molecule has 0 radical (unpaired) electrons. The number of nitrogens with one attached hydrogen (secondary N) is 1. The number of alkyl carbamates (subject to hydrolysis) is 1. The van der Waals surface area contributed by atoms with E-state index in [1.54, 1.807) is 0 Å². The maximum atomic E-state index is 12.1. The first-order chi connectivity index (χ1) is 13.3. The van der Waals surface area contributed by atoms with E-state index in [-0.39, 0.29) is 52.7 Å². The number of carbonyl (C=O) groups excluding carboxylic acids is 2. The Labute approximate surface area is 178 Å². The molecule has 158 valence electrons. The van der Waals surface area contributed by atoms with E-state index in [0.29, 0.717) is 0 Å². The Bertz CT molecular complexity index is 586. The molecule has 0 aliphatic rings. The third-order valence-electron chi connectivity index (χ3n) is 3.22. The summed E-state index contributed by atoms with van der Waals surface area (Å²) in [4.78, 5) is 24.8. The Kier molecular flexibility index (Phi) is 12.0. The standard InChI is InChI=1S/C17H23Cl3N2O6/c18-17(19,20)13-28-15(24)21-6-10-26-11-8-22(7-9-23)16(25)27-12-14-4-2-1-3-5-14/h1-5,23H,6-13H2,(H,21,24). The van der Waals surface area contributed by atoms with Crippen molar-refractivity contribution in [2.75, 3.05) is 46.1 Å². The molecule has 0 saturated carbocycles. The van der Waals surface area contributed by atoms with Gasteiger partial charge in [0.2, 0.25) is 3.79 Å². The lowest BCUT2D eigenvalue weighted by atomic mass is 10.2. The number of benzene rings is 1. The molecule has 2 N–H and O–H groups in total. The highest BCUT2D eigenvalue weighted by Crippen LogP contribution is 2.25. The van der Waals surface area contributed by atoms with Gasteiger partial charge in [-0.15, -0.1) is 0 Å². The fourth-order valence-corrected chi connectivity index (χ4v) is 2.09. The second-order valence-corrected chi connectivity index (χ2v) is 8.00. The van der Waals surface area contributed by atoms with E-state index in [1.165, 1.54) is 4.90 Å². The molecule has 0 aliphatic heterocycles. The van der Waals surface area contributed by atoms with E-state index in [1.807, 2.05) is 30.3 Å². The number of halogens is 3. The summed E-state index contributed by atoms with van der Waals surface area (Å²) in [7, 11) is 0. The molecule has 0 aliphatic carbocycles. The Balaban J connectivity index is 2.19. The summed E-state index contributed by atoms with van der Waals surface area (Å²) in [5.41, 5.74) is 0.865. The van der Waals surface area contributed by atoms with E-state index in [4.69, 9.17) is 49.4 Å². The van der Waals surface area contributed by atoms with E-state index in [9.17, 15) is 9.59 Å². The van der Waals surface area contributed by atoms with Gasteiger partial charge in [0.05, 0.1) is 19.8 Å². The number of hydrogen-bond acceptors (Lipinski definition) is 6. The summed E-state index contributed by atoms with van der Waals surface area (Å²) < 4.78 is 13.6. The Hall–Kier alpha value is -1.45. The quantitative estimate of drug-likeness (QED) is 0.392. The Morgan fingerprint density at radius 3 is 2.43 bits per heavy atom. The van der Waals surface area contributed by atoms with Gasteiger partial charge in [-0.1, -0.05) is 65.1 Å². The number of hydrogen-bond donors (Lipinski definition) is 2. The van der Waals surface area contributed by atoms with Crippen LogP contribution in [0.1, 0.15) is 5.56 Å². The zero-order valence-corrected chi connectivity index (χ0v) is 17.4. The molecule has 1 aromatic carbocycles. The van der Waals surface area contributed by atoms with Crippen LogP contribution in [-0.4, -0.2) is 72.0 Å². The molecule has 1 rings (SSSR count). The van der Waals surface area contributed by atoms with Crippen LogP contribution in [0, 0.1) is 0 Å². The average Bonchev–Trinajstić information content (AvgIpc) is 2.66. The van der Waals surface area contributed by atoms with Gasteiger partial charge in [-0.2, -0.15) is 0 Å². The summed E-state index contributed by atoms with van der Waals surface area (Å²) in [6.07, 6.45) is -1.28. The molecule has 0 aromatic heterocycles. The third kappa shape index (κ3) is 12.1. The molecule has 0 bridgehead atoms. The second kappa shape index (κ2) is 13.7. The number of carbonyl (C=O) groups is 2. The zero-order chi connectivity index (χ0) is 20.8. The molecule has 0 saturated heterocycles. The van der Waals surface area contributed by atoms with Crippen LogP contribution in [0.25, 0.3) is 0 Å². The van der Waals surface area contributed by atoms with E-state index < -0.39 is 16.0 Å². The number of alkyl halides is 3. The van der Waals surface area contributed by atoms with Crippen molar-refractivity contribution in [2.24, 2.45) is 0 Å². The van der Waals surface area contributed by atoms with Crippen LogP contribution < -0.4 is 5.32 Å². The highest BCUT2D eigenvalue weighted by atomic mass is 35.6. The summed E-state index contributed by atoms with van der Waals surface area (Å²) in [5, 5.41) is 11.5. The van der Waals surface area contributed by atoms with Crippen LogP contribution in [0.2, 0.25) is 0 Å². The van der Waals surface area contributed by atoms with Crippen LogP contribution in [0.4, 0.5) is 9.59 Å². The van der Waals surface area contributed by atoms with Gasteiger partial charge < -0.3 is 29.5 Å². The van der Waals surface area contributed by atoms with Gasteiger partial charge in [-0.05, 0) is 5.56 Å². The lowest BCUT2D eigenvalue weighted by molar-refractivity contribution is 0.0649. The molecule has 1 aromatic rings. The van der Waals surface area contributed by atoms with Gasteiger partial charge >= 0.3 is 12.2 Å². The van der Waals surface area contributed by atoms with E-state index in [0.717, 1.165) is 5.56 Å². The number of amides is 2. The molecule has 0 fully saturated rings. The van der Waals surface area contributed by atoms with Crippen molar-refractivity contribution in [3.05, 3.63) is 35.9 Å². The normalized spacial score (nSPS) is 11.0. The van der Waals surface area contributed by atoms with Gasteiger partial charge in [0.25, 0.3) is 0 Å². The monoisotopic (exact) mass is 456 g/mol. The van der Waals surface area contributed by atoms with Crippen molar-refractivity contribution in [1.82, 2.24) is 10.2 Å². The Morgan fingerprint density at radius 1 is 1.07 bits per heavy atom. The van der Waals surface area contributed by atoms with Crippen molar-refractivity contribution in [1.29, 1.82) is 0 Å². The van der Waals surface area contributed by atoms with Gasteiger partial charge in [-0.3, -0.25) is 0 Å². The maximum absolute atomic E-state index is 12.1. The maximum Gasteiger partial charge on any atom is 0.410 e. The number of aliphatic hydroxyl groups excluding tert-OH is 1. The lowest BCUT2D eigenvalue weighted by Crippen LogP contribution is -2.37. The van der Waals surface area contributed by atoms with Gasteiger partial charge in [0.1, 0.15) is 13.2 Å². The van der Waals surface area contributed by atoms with Gasteiger partial charge in [0.15, 0.2) is 0 Å². The fourth-order valence-electron chi connectivity index (χ4n) is 1.93. The minimum absolute atomic E-state index is 0.124. The fraction of sp³-hybridized carbons (Fsp3) is 0.529. The van der Waals surface area contributed by atoms with Gasteiger partial charge in [0, 0.05) is 19.6 Å². The number of aliphatic hydroxyl groups is 1. The lowest BCUT2D eigenvalue weighted by Gasteiger charge is -2.21. The average molecular weight is 458 g/mol. The molecule has 11 heteroatoms. The van der Waals surface area contributed by atoms with Crippen molar-refractivity contribution in [3.8, 4) is 0 Å². The SMILES string of the molecule is O=C(NCCOCCN(CCO)C(=O)OCc1ccccc1)OCC(Cl)(Cl)Cl. The van der Waals surface area contributed by atoms with Crippen molar-refractivity contribution >= 4 is 47.0 Å². The zero-order valence-electron chi connectivity index (χ0n) is 15.1. The highest BCUT2D eigenvalue weighted by molar-refractivity contribution is 6.67. The molecule has 0 spiro atoms. The smallest absolute Gasteiger partial charge is 0.410 e. The molecule has 0 heterocycles. The largest absolute Gasteiger partial charge is 0.445 e. The van der Waals surface area contributed by atoms with Crippen molar-refractivity contribution in [2.45, 2.75) is 10.4 Å². The van der Waals surface area contributed by atoms with Crippen LogP contribution in [-0.2, 0) is 20.8 Å². The summed E-state index contributed by atoms with van der Waals surface area (Å²) in [5.74, 6) is 0. The van der Waals surface area contributed by atoms with E-state index >= 15 is 0 Å². The van der Waals surface area contributed by atoms with E-state index in [2.05, 4.69) is 10.1 Å². The van der Waals surface area contributed by atoms with Crippen LogP contribution in [0.5, 0.6) is 0 Å². The molecular weight excluding hydrogens is 435 g/mol. The first kappa shape index (κ1) is 24.6. The molecule has 0 atom stereocenters. The van der Waals surface area contributed by atoms with Crippen LogP contribution in [0.3, 0.4) is 0 Å². The minimum Gasteiger partial charge on any atom is -0.445 e. The van der Waals surface area contributed by atoms with Crippen molar-refractivity contribution < 1.29 is 28.9 Å². The van der Waals surface area contributed by atoms with Gasteiger partial charge in [-0.25, -0.2) is 9.59 Å². The minimum atomic E-state index is -1.67. The third-order valence-corrected chi connectivity index (χ3v) is 3.55. The number of rotatable bonds is 11. The molecule has 2 amide bonds. The predicted molar refractivity (Wildman–Crippen MR) is 106 cm³/mol. The molecule has 8 nitrogen and oxygen atoms in total. The molecular formula is C17H23Cl3N2O6. The van der Waals surface area contributed by atoms with Crippen molar-refractivity contribution in [3.63, 3.8) is 0 Å². The summed E-state index contributed by atoms with van der Waals surface area (Å²) in [6, 6.07) is 9.26. The first-order valence-electron chi connectivity index (χ1n) is 8.43. The highest BCUT2D eigenvalue weighted by Gasteiger charge is 2.22. The molecule has 28 heavy (non-hydrogen) atoms. The predicted octanol–water partition coefficient (Wildman–Crippen LogP) is 2.73. The topological polar surface area (TPSA) is 97.3 Å². The van der Waals surface area contributed by atoms with Crippen LogP contribution in [0.15, 0.2) is 30.3 Å².